The van der Waals surface area contributed by atoms with Crippen LogP contribution in [0.3, 0.4) is 0 Å². The normalized spacial score (nSPS) is 21.7. The van der Waals surface area contributed by atoms with Gasteiger partial charge in [-0.1, -0.05) is 51.2 Å². The molecule has 280 valence electrons. The molecular formula is C39H53F3N4O5. The van der Waals surface area contributed by atoms with Gasteiger partial charge in [0.25, 0.3) is 5.91 Å². The molecule has 6 rings (SSSR count). The summed E-state index contributed by atoms with van der Waals surface area (Å²) in [7, 11) is 0. The predicted octanol–water partition coefficient (Wildman–Crippen LogP) is 8.03. The molecule has 1 unspecified atom stereocenters. The summed E-state index contributed by atoms with van der Waals surface area (Å²) < 4.78 is 38.1. The molecule has 1 spiro atoms. The van der Waals surface area contributed by atoms with E-state index in [0.717, 1.165) is 105 Å². The maximum Gasteiger partial charge on any atom is 0.490 e. The number of likely N-dealkylation sites (tertiary alicyclic amines) is 2. The van der Waals surface area contributed by atoms with Gasteiger partial charge in [0.1, 0.15) is 5.60 Å². The van der Waals surface area contributed by atoms with Gasteiger partial charge in [0.15, 0.2) is 0 Å². The zero-order valence-electron chi connectivity index (χ0n) is 30.2. The van der Waals surface area contributed by atoms with Gasteiger partial charge in [-0.15, -0.1) is 0 Å². The second-order valence-corrected chi connectivity index (χ2v) is 14.8. The number of hydrogen-bond donors (Lipinski definition) is 1. The molecular weight excluding hydrogens is 661 g/mol. The molecule has 4 heterocycles. The van der Waals surface area contributed by atoms with Gasteiger partial charge in [0.05, 0.1) is 6.04 Å². The average Bonchev–Trinajstić information content (AvgIpc) is 3.36. The predicted molar refractivity (Wildman–Crippen MR) is 188 cm³/mol. The SMILES string of the molecule is CCCCC1N(CC2CCCCC2)C(=O)OC12CCN(C1CCN(C(=O)c3c(C)cc(-c4ccncc4)cc3C)CC1)CC2.O=C(O)C(F)(F)F. The number of hydrogen-bond acceptors (Lipinski definition) is 6. The molecule has 1 atom stereocenters. The van der Waals surface area contributed by atoms with Gasteiger partial charge in [0.2, 0.25) is 0 Å². The minimum Gasteiger partial charge on any atom is -0.475 e. The largest absolute Gasteiger partial charge is 0.490 e. The van der Waals surface area contributed by atoms with Crippen LogP contribution in [0.5, 0.6) is 0 Å². The standard InChI is InChI=1S/C37H52N4O3.C2HF3O2/c1-4-5-11-33-37(44-36(43)41(33)26-29-9-7-6-8-10-29)16-22-39(23-17-37)32-14-20-40(21-15-32)35(42)34-27(2)24-31(25-28(34)3)30-12-18-38-19-13-30;3-2(4,5)1(6)7/h12-13,18-19,24-25,29,32-33H,4-11,14-17,20-23,26H2,1-3H3;(H,6,7). The fourth-order valence-electron chi connectivity index (χ4n) is 8.68. The maximum absolute atomic E-state index is 13.7. The highest BCUT2D eigenvalue weighted by Crippen LogP contribution is 2.43. The summed E-state index contributed by atoms with van der Waals surface area (Å²) in [6, 6.07) is 8.99. The first-order valence-electron chi connectivity index (χ1n) is 18.7. The zero-order valence-corrected chi connectivity index (χ0v) is 30.2. The number of piperidine rings is 2. The Hall–Kier alpha value is -3.67. The lowest BCUT2D eigenvalue weighted by molar-refractivity contribution is -0.192. The molecule has 51 heavy (non-hydrogen) atoms. The molecule has 0 radical (unpaired) electrons. The van der Waals surface area contributed by atoms with Crippen molar-refractivity contribution in [3.05, 3.63) is 53.3 Å². The van der Waals surface area contributed by atoms with E-state index in [2.05, 4.69) is 52.6 Å². The lowest BCUT2D eigenvalue weighted by Crippen LogP contribution is -2.56. The Morgan fingerprint density at radius 3 is 2.08 bits per heavy atom. The Balaban J connectivity index is 0.000000654. The number of carboxylic acids is 1. The highest BCUT2D eigenvalue weighted by Gasteiger charge is 2.55. The number of carbonyl (C=O) groups is 3. The number of unbranched alkanes of at least 4 members (excludes halogenated alkanes) is 1. The van der Waals surface area contributed by atoms with Crippen LogP contribution in [0.4, 0.5) is 18.0 Å². The summed E-state index contributed by atoms with van der Waals surface area (Å²) in [4.78, 5) is 46.9. The fraction of sp³-hybridized carbons (Fsp3) is 0.641. The van der Waals surface area contributed by atoms with Crippen molar-refractivity contribution in [2.45, 2.75) is 122 Å². The minimum atomic E-state index is -5.08. The number of pyridine rings is 1. The topological polar surface area (TPSA) is 103 Å². The molecule has 0 bridgehead atoms. The summed E-state index contributed by atoms with van der Waals surface area (Å²) in [6.07, 6.45) is 12.1. The third-order valence-corrected chi connectivity index (χ3v) is 11.4. The number of amides is 2. The number of alkyl halides is 3. The lowest BCUT2D eigenvalue weighted by atomic mass is 9.80. The Kier molecular flexibility index (Phi) is 12.7. The van der Waals surface area contributed by atoms with Gasteiger partial charge in [0, 0.05) is 69.6 Å². The third kappa shape index (κ3) is 9.23. The molecule has 3 aliphatic heterocycles. The number of carboxylic acid groups (broad SMARTS) is 1. The molecule has 12 heteroatoms. The van der Waals surface area contributed by atoms with Crippen LogP contribution in [0.25, 0.3) is 11.1 Å². The van der Waals surface area contributed by atoms with Crippen molar-refractivity contribution >= 4 is 18.0 Å². The van der Waals surface area contributed by atoms with Crippen molar-refractivity contribution < 1.29 is 37.4 Å². The van der Waals surface area contributed by atoms with Gasteiger partial charge in [-0.05, 0) is 86.3 Å². The number of nitrogens with zero attached hydrogens (tertiary/aromatic N) is 4. The van der Waals surface area contributed by atoms with E-state index in [9.17, 15) is 22.8 Å². The molecule has 2 aromatic rings. The van der Waals surface area contributed by atoms with E-state index in [4.69, 9.17) is 14.6 Å². The van der Waals surface area contributed by atoms with Crippen LogP contribution < -0.4 is 0 Å². The molecule has 2 amide bonds. The van der Waals surface area contributed by atoms with Crippen molar-refractivity contribution in [2.24, 2.45) is 5.92 Å². The highest BCUT2D eigenvalue weighted by molar-refractivity contribution is 5.98. The number of aliphatic carboxylic acids is 1. The second kappa shape index (κ2) is 16.8. The van der Waals surface area contributed by atoms with Crippen LogP contribution in [0.15, 0.2) is 36.7 Å². The van der Waals surface area contributed by atoms with E-state index in [0.29, 0.717) is 12.0 Å². The van der Waals surface area contributed by atoms with Crippen LogP contribution in [-0.4, -0.2) is 99.3 Å². The Morgan fingerprint density at radius 1 is 0.941 bits per heavy atom. The van der Waals surface area contributed by atoms with Gasteiger partial charge in [-0.2, -0.15) is 13.2 Å². The van der Waals surface area contributed by atoms with Gasteiger partial charge < -0.3 is 19.6 Å². The van der Waals surface area contributed by atoms with Gasteiger partial charge in [-0.25, -0.2) is 9.59 Å². The van der Waals surface area contributed by atoms with Crippen LogP contribution in [0, 0.1) is 19.8 Å². The molecule has 1 saturated carbocycles. The van der Waals surface area contributed by atoms with E-state index < -0.39 is 12.1 Å². The van der Waals surface area contributed by atoms with E-state index in [-0.39, 0.29) is 23.6 Å². The molecule has 1 N–H and O–H groups in total. The smallest absolute Gasteiger partial charge is 0.475 e. The number of aryl methyl sites for hydroxylation is 2. The summed E-state index contributed by atoms with van der Waals surface area (Å²) >= 11 is 0. The Labute approximate surface area is 299 Å². The number of aromatic nitrogens is 1. The van der Waals surface area contributed by atoms with Crippen LogP contribution in [0.2, 0.25) is 0 Å². The van der Waals surface area contributed by atoms with Crippen LogP contribution >= 0.6 is 0 Å². The van der Waals surface area contributed by atoms with E-state index in [1.807, 2.05) is 24.5 Å². The molecule has 3 saturated heterocycles. The monoisotopic (exact) mass is 714 g/mol. The highest BCUT2D eigenvalue weighted by atomic mass is 19.4. The number of carbonyl (C=O) groups excluding carboxylic acids is 2. The first-order valence-corrected chi connectivity index (χ1v) is 18.7. The Morgan fingerprint density at radius 2 is 1.53 bits per heavy atom. The van der Waals surface area contributed by atoms with Crippen LogP contribution in [-0.2, 0) is 9.53 Å². The number of rotatable bonds is 8. The van der Waals surface area contributed by atoms with E-state index >= 15 is 0 Å². The van der Waals surface area contributed by atoms with E-state index in [1.165, 1.54) is 32.1 Å². The van der Waals surface area contributed by atoms with Gasteiger partial charge >= 0.3 is 18.2 Å². The lowest BCUT2D eigenvalue weighted by Gasteiger charge is -2.46. The van der Waals surface area contributed by atoms with Crippen LogP contribution in [0.1, 0.15) is 105 Å². The van der Waals surface area contributed by atoms with Crippen molar-refractivity contribution in [3.8, 4) is 11.1 Å². The first kappa shape index (κ1) is 38.6. The third-order valence-electron chi connectivity index (χ3n) is 11.4. The molecule has 1 aromatic heterocycles. The number of halogens is 3. The average molecular weight is 715 g/mol. The summed E-state index contributed by atoms with van der Waals surface area (Å²) in [5.41, 5.74) is 4.84. The molecule has 1 aromatic carbocycles. The van der Waals surface area contributed by atoms with E-state index in [1.54, 1.807) is 0 Å². The molecule has 1 aliphatic carbocycles. The summed E-state index contributed by atoms with van der Waals surface area (Å²) in [5, 5.41) is 7.12. The summed E-state index contributed by atoms with van der Waals surface area (Å²) in [6.45, 7) is 10.8. The fourth-order valence-corrected chi connectivity index (χ4v) is 8.68. The molecule has 4 aliphatic rings. The minimum absolute atomic E-state index is 0.0589. The maximum atomic E-state index is 13.7. The number of benzene rings is 1. The van der Waals surface area contributed by atoms with Gasteiger partial charge in [-0.3, -0.25) is 14.7 Å². The summed E-state index contributed by atoms with van der Waals surface area (Å²) in [5.74, 6) is -1.96. The zero-order chi connectivity index (χ0) is 36.8. The van der Waals surface area contributed by atoms with Crippen molar-refractivity contribution in [1.82, 2.24) is 19.7 Å². The molecule has 4 fully saturated rings. The van der Waals surface area contributed by atoms with Crippen molar-refractivity contribution in [2.75, 3.05) is 32.7 Å². The number of ether oxygens (including phenoxy) is 1. The van der Waals surface area contributed by atoms with Crippen molar-refractivity contribution in [1.29, 1.82) is 0 Å². The second-order valence-electron chi connectivity index (χ2n) is 14.8. The quantitative estimate of drug-likeness (QED) is 0.295. The first-order chi connectivity index (χ1) is 24.3. The van der Waals surface area contributed by atoms with Crippen molar-refractivity contribution in [3.63, 3.8) is 0 Å². The molecule has 9 nitrogen and oxygen atoms in total. The Bertz CT molecular complexity index is 1470.